The van der Waals surface area contributed by atoms with Crippen LogP contribution >= 0.6 is 0 Å². The van der Waals surface area contributed by atoms with Crippen molar-refractivity contribution in [3.8, 4) is 0 Å². The van der Waals surface area contributed by atoms with E-state index in [-0.39, 0.29) is 12.3 Å². The normalized spacial score (nSPS) is 11.5. The van der Waals surface area contributed by atoms with Crippen LogP contribution < -0.4 is 10.5 Å². The van der Waals surface area contributed by atoms with Crippen molar-refractivity contribution < 1.29 is 8.42 Å². The molecule has 0 aliphatic heterocycles. The van der Waals surface area contributed by atoms with Gasteiger partial charge in [-0.05, 0) is 19.1 Å². The van der Waals surface area contributed by atoms with Gasteiger partial charge in [0.25, 0.3) is 0 Å². The molecule has 0 atom stereocenters. The van der Waals surface area contributed by atoms with Gasteiger partial charge in [0, 0.05) is 0 Å². The van der Waals surface area contributed by atoms with Crippen LogP contribution in [0.2, 0.25) is 0 Å². The van der Waals surface area contributed by atoms with Gasteiger partial charge >= 0.3 is 0 Å². The fourth-order valence-corrected chi connectivity index (χ4v) is 1.45. The summed E-state index contributed by atoms with van der Waals surface area (Å²) < 4.78 is 24.6. The number of nitrogen functional groups attached to an aromatic ring is 1. The molecule has 1 heterocycles. The third-order valence-corrected chi connectivity index (χ3v) is 3.03. The molecule has 6 heteroatoms. The number of hydrogen-bond acceptors (Lipinski definition) is 4. The Labute approximate surface area is 83.4 Å². The quantitative estimate of drug-likeness (QED) is 0.746. The number of sulfonamides is 1. The van der Waals surface area contributed by atoms with E-state index in [9.17, 15) is 8.42 Å². The monoisotopic (exact) mass is 215 g/mol. The number of hydrogen-bond donors (Lipinski definition) is 2. The first-order valence-electron chi connectivity index (χ1n) is 4.22. The van der Waals surface area contributed by atoms with E-state index in [1.807, 2.05) is 0 Å². The van der Waals surface area contributed by atoms with Crippen LogP contribution in [-0.4, -0.2) is 19.2 Å². The summed E-state index contributed by atoms with van der Waals surface area (Å²) in [6.45, 7) is 1.76. The van der Waals surface area contributed by atoms with Gasteiger partial charge in [0.2, 0.25) is 10.0 Å². The number of nitrogens with zero attached hydrogens (tertiary/aromatic N) is 1. The predicted octanol–water partition coefficient (Wildman–Crippen LogP) is 0.103. The standard InChI is InChI=1S/C8H13N3O2S/c1-2-14(12,13)10-6-7-4-3-5-8(9)11-7/h3-5,10H,2,6H2,1H3,(H2,9,11). The van der Waals surface area contributed by atoms with Crippen molar-refractivity contribution in [1.82, 2.24) is 9.71 Å². The molecule has 0 spiro atoms. The van der Waals surface area contributed by atoms with Gasteiger partial charge in [-0.3, -0.25) is 0 Å². The Hall–Kier alpha value is -1.14. The Morgan fingerprint density at radius 3 is 2.79 bits per heavy atom. The van der Waals surface area contributed by atoms with Gasteiger partial charge in [-0.2, -0.15) is 0 Å². The molecule has 1 aromatic rings. The molecule has 3 N–H and O–H groups in total. The first kappa shape index (κ1) is 10.9. The molecular formula is C8H13N3O2S. The average Bonchev–Trinajstić information content (AvgIpc) is 2.15. The Morgan fingerprint density at radius 1 is 1.50 bits per heavy atom. The summed E-state index contributed by atoms with van der Waals surface area (Å²) in [5.74, 6) is 0.452. The lowest BCUT2D eigenvalue weighted by Gasteiger charge is -2.03. The second-order valence-electron chi connectivity index (χ2n) is 2.78. The van der Waals surface area contributed by atoms with Gasteiger partial charge in [-0.15, -0.1) is 0 Å². The number of aromatic nitrogens is 1. The van der Waals surface area contributed by atoms with E-state index >= 15 is 0 Å². The number of nitrogens with two attached hydrogens (primary N) is 1. The van der Waals surface area contributed by atoms with E-state index < -0.39 is 10.0 Å². The minimum Gasteiger partial charge on any atom is -0.384 e. The van der Waals surface area contributed by atoms with Gasteiger partial charge in [-0.25, -0.2) is 18.1 Å². The third kappa shape index (κ3) is 3.31. The lowest BCUT2D eigenvalue weighted by molar-refractivity contribution is 0.582. The lowest BCUT2D eigenvalue weighted by Crippen LogP contribution is -2.25. The van der Waals surface area contributed by atoms with Crippen LogP contribution in [0.1, 0.15) is 12.6 Å². The highest BCUT2D eigenvalue weighted by atomic mass is 32.2. The zero-order valence-corrected chi connectivity index (χ0v) is 8.71. The summed E-state index contributed by atoms with van der Waals surface area (Å²) in [4.78, 5) is 3.96. The topological polar surface area (TPSA) is 85.1 Å². The van der Waals surface area contributed by atoms with Crippen molar-refractivity contribution in [2.75, 3.05) is 11.5 Å². The molecular weight excluding hydrogens is 202 g/mol. The molecule has 0 amide bonds. The Balaban J connectivity index is 2.63. The van der Waals surface area contributed by atoms with Crippen LogP contribution in [0, 0.1) is 0 Å². The molecule has 0 fully saturated rings. The molecule has 0 aromatic carbocycles. The molecule has 1 aromatic heterocycles. The highest BCUT2D eigenvalue weighted by molar-refractivity contribution is 7.89. The Morgan fingerprint density at radius 2 is 2.21 bits per heavy atom. The van der Waals surface area contributed by atoms with Gasteiger partial charge in [0.15, 0.2) is 0 Å². The van der Waals surface area contributed by atoms with E-state index in [2.05, 4.69) is 9.71 Å². The molecule has 0 unspecified atom stereocenters. The van der Waals surface area contributed by atoms with Crippen molar-refractivity contribution in [2.24, 2.45) is 0 Å². The third-order valence-electron chi connectivity index (χ3n) is 1.68. The number of anilines is 1. The van der Waals surface area contributed by atoms with Crippen molar-refractivity contribution in [2.45, 2.75) is 13.5 Å². The number of rotatable bonds is 4. The predicted molar refractivity (Wildman–Crippen MR) is 54.9 cm³/mol. The maximum atomic E-state index is 11.1. The van der Waals surface area contributed by atoms with E-state index in [0.29, 0.717) is 11.5 Å². The van der Waals surface area contributed by atoms with Crippen LogP contribution in [0.25, 0.3) is 0 Å². The maximum absolute atomic E-state index is 11.1. The summed E-state index contributed by atoms with van der Waals surface area (Å²) in [6, 6.07) is 5.10. The second-order valence-corrected chi connectivity index (χ2v) is 4.87. The molecule has 0 aliphatic rings. The molecule has 78 valence electrons. The van der Waals surface area contributed by atoms with Crippen LogP contribution in [-0.2, 0) is 16.6 Å². The molecule has 1 rings (SSSR count). The summed E-state index contributed by atoms with van der Waals surface area (Å²) in [6.07, 6.45) is 0. The summed E-state index contributed by atoms with van der Waals surface area (Å²) >= 11 is 0. The smallest absolute Gasteiger partial charge is 0.211 e. The average molecular weight is 215 g/mol. The fraction of sp³-hybridized carbons (Fsp3) is 0.375. The SMILES string of the molecule is CCS(=O)(=O)NCc1cccc(N)n1. The minimum absolute atomic E-state index is 0.0648. The zero-order valence-electron chi connectivity index (χ0n) is 7.90. The molecule has 14 heavy (non-hydrogen) atoms. The molecule has 0 bridgehead atoms. The molecule has 0 saturated heterocycles. The van der Waals surface area contributed by atoms with Crippen LogP contribution in [0.5, 0.6) is 0 Å². The zero-order chi connectivity index (χ0) is 10.6. The van der Waals surface area contributed by atoms with Crippen molar-refractivity contribution in [3.63, 3.8) is 0 Å². The largest absolute Gasteiger partial charge is 0.384 e. The van der Waals surface area contributed by atoms with Crippen molar-refractivity contribution in [3.05, 3.63) is 23.9 Å². The maximum Gasteiger partial charge on any atom is 0.211 e. The van der Waals surface area contributed by atoms with E-state index in [1.165, 1.54) is 0 Å². The summed E-state index contributed by atoms with van der Waals surface area (Å²) in [5, 5.41) is 0. The highest BCUT2D eigenvalue weighted by Gasteiger charge is 2.05. The lowest BCUT2D eigenvalue weighted by atomic mass is 10.3. The van der Waals surface area contributed by atoms with Crippen LogP contribution in [0.15, 0.2) is 18.2 Å². The van der Waals surface area contributed by atoms with Gasteiger partial charge in [0.1, 0.15) is 5.82 Å². The Bertz CT molecular complexity index is 403. The van der Waals surface area contributed by atoms with Crippen molar-refractivity contribution >= 4 is 15.8 Å². The van der Waals surface area contributed by atoms with Crippen molar-refractivity contribution in [1.29, 1.82) is 0 Å². The highest BCUT2D eigenvalue weighted by Crippen LogP contribution is 2.00. The number of pyridine rings is 1. The van der Waals surface area contributed by atoms with E-state index in [0.717, 1.165) is 0 Å². The molecule has 0 aliphatic carbocycles. The summed E-state index contributed by atoms with van der Waals surface area (Å²) in [7, 11) is -3.16. The first-order valence-corrected chi connectivity index (χ1v) is 5.87. The molecule has 0 radical (unpaired) electrons. The minimum atomic E-state index is -3.16. The fourth-order valence-electron chi connectivity index (χ4n) is 0.883. The van der Waals surface area contributed by atoms with Crippen LogP contribution in [0.3, 0.4) is 0 Å². The van der Waals surface area contributed by atoms with Crippen LogP contribution in [0.4, 0.5) is 5.82 Å². The van der Waals surface area contributed by atoms with Gasteiger partial charge in [0.05, 0.1) is 18.0 Å². The molecule has 5 nitrogen and oxygen atoms in total. The van der Waals surface area contributed by atoms with Gasteiger partial charge < -0.3 is 5.73 Å². The second kappa shape index (κ2) is 4.39. The summed E-state index contributed by atoms with van der Waals surface area (Å²) in [5.41, 5.74) is 6.06. The van der Waals surface area contributed by atoms with E-state index in [4.69, 9.17) is 5.73 Å². The van der Waals surface area contributed by atoms with E-state index in [1.54, 1.807) is 25.1 Å². The van der Waals surface area contributed by atoms with Gasteiger partial charge in [-0.1, -0.05) is 6.07 Å². The Kier molecular flexibility index (Phi) is 3.43. The number of nitrogens with one attached hydrogen (secondary N) is 1. The first-order chi connectivity index (χ1) is 6.53. The molecule has 0 saturated carbocycles.